The maximum absolute atomic E-state index is 12.5. The zero-order valence-electron chi connectivity index (χ0n) is 16.2. The van der Waals surface area contributed by atoms with Gasteiger partial charge in [0.25, 0.3) is 0 Å². The molecule has 0 spiro atoms. The normalized spacial score (nSPS) is 24.3. The number of carbonyl (C=O) groups excluding carboxylic acids is 3. The minimum Gasteiger partial charge on any atom is -0.466 e. The van der Waals surface area contributed by atoms with E-state index in [0.717, 1.165) is 5.56 Å². The molecule has 7 heteroatoms. The minimum absolute atomic E-state index is 0.254. The third-order valence-corrected chi connectivity index (χ3v) is 4.63. The molecule has 7 nitrogen and oxygen atoms in total. The number of nitrogens with one attached hydrogen (secondary N) is 1. The number of hydrogen-bond donors (Lipinski definition) is 1. The Labute approximate surface area is 159 Å². The highest BCUT2D eigenvalue weighted by atomic mass is 16.5. The first-order chi connectivity index (χ1) is 12.9. The Kier molecular flexibility index (Phi) is 7.36. The van der Waals surface area contributed by atoms with E-state index in [4.69, 9.17) is 14.2 Å². The lowest BCUT2D eigenvalue weighted by Crippen LogP contribution is -2.38. The Hall–Kier alpha value is -2.41. The van der Waals surface area contributed by atoms with Crippen LogP contribution >= 0.6 is 0 Å². The van der Waals surface area contributed by atoms with Crippen molar-refractivity contribution in [2.45, 2.75) is 45.7 Å². The van der Waals surface area contributed by atoms with Crippen LogP contribution in [0.5, 0.6) is 0 Å². The molecule has 1 heterocycles. The minimum atomic E-state index is -0.664. The molecule has 2 rings (SSSR count). The molecule has 0 saturated carbocycles. The van der Waals surface area contributed by atoms with Crippen molar-refractivity contribution in [1.82, 2.24) is 5.32 Å². The van der Waals surface area contributed by atoms with Gasteiger partial charge in [0, 0.05) is 12.0 Å². The van der Waals surface area contributed by atoms with Crippen LogP contribution in [0, 0.1) is 5.92 Å². The highest BCUT2D eigenvalue weighted by molar-refractivity contribution is 5.89. The lowest BCUT2D eigenvalue weighted by Gasteiger charge is -2.23. The van der Waals surface area contributed by atoms with Crippen molar-refractivity contribution < 1.29 is 28.6 Å². The number of benzene rings is 1. The molecule has 4 atom stereocenters. The second kappa shape index (κ2) is 9.50. The second-order valence-electron chi connectivity index (χ2n) is 6.33. The van der Waals surface area contributed by atoms with E-state index in [2.05, 4.69) is 5.32 Å². The van der Waals surface area contributed by atoms with Crippen LogP contribution in [0.2, 0.25) is 0 Å². The molecule has 4 unspecified atom stereocenters. The van der Waals surface area contributed by atoms with Gasteiger partial charge in [-0.1, -0.05) is 12.1 Å². The van der Waals surface area contributed by atoms with Crippen LogP contribution in [0.1, 0.15) is 49.5 Å². The highest BCUT2D eigenvalue weighted by Gasteiger charge is 2.49. The molecule has 0 aromatic heterocycles. The van der Waals surface area contributed by atoms with Crippen LogP contribution < -0.4 is 5.32 Å². The molecule has 1 aromatic carbocycles. The molecule has 148 valence electrons. The molecule has 1 aliphatic heterocycles. The van der Waals surface area contributed by atoms with Crippen molar-refractivity contribution in [2.24, 2.45) is 5.92 Å². The van der Waals surface area contributed by atoms with Crippen LogP contribution in [0.15, 0.2) is 24.3 Å². The average molecular weight is 377 g/mol. The van der Waals surface area contributed by atoms with Gasteiger partial charge < -0.3 is 19.5 Å². The molecule has 0 bridgehead atoms. The molecule has 1 fully saturated rings. The predicted molar refractivity (Wildman–Crippen MR) is 98.3 cm³/mol. The van der Waals surface area contributed by atoms with E-state index in [1.54, 1.807) is 45.0 Å². The van der Waals surface area contributed by atoms with Gasteiger partial charge in [-0.2, -0.15) is 0 Å². The maximum Gasteiger partial charge on any atom is 0.338 e. The summed E-state index contributed by atoms with van der Waals surface area (Å²) >= 11 is 0. The van der Waals surface area contributed by atoms with E-state index < -0.39 is 29.8 Å². The van der Waals surface area contributed by atoms with Crippen molar-refractivity contribution in [2.75, 3.05) is 19.8 Å². The largest absolute Gasteiger partial charge is 0.466 e. The molecular weight excluding hydrogens is 350 g/mol. The number of hydrogen-bond acceptors (Lipinski definition) is 7. The van der Waals surface area contributed by atoms with Gasteiger partial charge in [0.15, 0.2) is 0 Å². The van der Waals surface area contributed by atoms with Crippen molar-refractivity contribution in [3.05, 3.63) is 35.4 Å². The van der Waals surface area contributed by atoms with E-state index in [1.165, 1.54) is 0 Å². The van der Waals surface area contributed by atoms with E-state index in [-0.39, 0.29) is 25.2 Å². The quantitative estimate of drug-likeness (QED) is 0.574. The molecule has 27 heavy (non-hydrogen) atoms. The van der Waals surface area contributed by atoms with Crippen molar-refractivity contribution >= 4 is 17.9 Å². The third kappa shape index (κ3) is 4.66. The number of ether oxygens (including phenoxy) is 3. The van der Waals surface area contributed by atoms with Gasteiger partial charge in [-0.05, 0) is 45.4 Å². The fourth-order valence-electron chi connectivity index (χ4n) is 3.50. The molecule has 1 aromatic rings. The summed E-state index contributed by atoms with van der Waals surface area (Å²) < 4.78 is 15.4. The van der Waals surface area contributed by atoms with Gasteiger partial charge in [0.2, 0.25) is 0 Å². The number of esters is 3. The molecule has 1 saturated heterocycles. The fourth-order valence-corrected chi connectivity index (χ4v) is 3.50. The first kappa shape index (κ1) is 20.9. The zero-order valence-corrected chi connectivity index (χ0v) is 16.2. The van der Waals surface area contributed by atoms with E-state index in [9.17, 15) is 14.4 Å². The molecule has 1 N–H and O–H groups in total. The first-order valence-corrected chi connectivity index (χ1v) is 9.30. The third-order valence-electron chi connectivity index (χ3n) is 4.63. The van der Waals surface area contributed by atoms with E-state index >= 15 is 0 Å². The van der Waals surface area contributed by atoms with Crippen LogP contribution in [-0.4, -0.2) is 49.8 Å². The van der Waals surface area contributed by atoms with Gasteiger partial charge in [-0.3, -0.25) is 9.59 Å². The Balaban J connectivity index is 2.36. The summed E-state index contributed by atoms with van der Waals surface area (Å²) in [5, 5.41) is 3.17. The first-order valence-electron chi connectivity index (χ1n) is 9.30. The van der Waals surface area contributed by atoms with Crippen molar-refractivity contribution in [1.29, 1.82) is 0 Å². The van der Waals surface area contributed by atoms with Gasteiger partial charge in [-0.25, -0.2) is 4.79 Å². The maximum atomic E-state index is 12.5. The smallest absolute Gasteiger partial charge is 0.338 e. The molecule has 0 amide bonds. The summed E-state index contributed by atoms with van der Waals surface area (Å²) in [4.78, 5) is 36.8. The summed E-state index contributed by atoms with van der Waals surface area (Å²) in [7, 11) is 0. The monoisotopic (exact) mass is 377 g/mol. The van der Waals surface area contributed by atoms with Crippen molar-refractivity contribution in [3.63, 3.8) is 0 Å². The van der Waals surface area contributed by atoms with Crippen LogP contribution in [0.3, 0.4) is 0 Å². The molecule has 0 aliphatic carbocycles. The second-order valence-corrected chi connectivity index (χ2v) is 6.33. The number of carbonyl (C=O) groups is 3. The van der Waals surface area contributed by atoms with Gasteiger partial charge in [0.1, 0.15) is 6.04 Å². The molecular formula is C20H27NO6. The Morgan fingerprint density at radius 1 is 0.889 bits per heavy atom. The lowest BCUT2D eigenvalue weighted by atomic mass is 9.81. The Bertz CT molecular complexity index is 672. The van der Waals surface area contributed by atoms with Crippen LogP contribution in [0.4, 0.5) is 0 Å². The SMILES string of the molecule is CCOC(=O)c1ccc(C2C(C(=O)OCC)NC(C)C2C(=O)OCC)cc1. The topological polar surface area (TPSA) is 90.9 Å². The summed E-state index contributed by atoms with van der Waals surface area (Å²) in [5.41, 5.74) is 1.18. The summed E-state index contributed by atoms with van der Waals surface area (Å²) in [6.45, 7) is 7.89. The van der Waals surface area contributed by atoms with E-state index in [1.807, 2.05) is 6.92 Å². The zero-order chi connectivity index (χ0) is 20.0. The van der Waals surface area contributed by atoms with Gasteiger partial charge in [-0.15, -0.1) is 0 Å². The Morgan fingerprint density at radius 3 is 2.00 bits per heavy atom. The standard InChI is InChI=1S/C20H27NO6/c1-5-25-18(22)14-10-8-13(9-11-14)16-15(19(23)26-6-2)12(4)21-17(16)20(24)27-7-3/h8-12,15-17,21H,5-7H2,1-4H3. The molecule has 0 radical (unpaired) electrons. The Morgan fingerprint density at radius 2 is 1.44 bits per heavy atom. The molecule has 1 aliphatic rings. The van der Waals surface area contributed by atoms with Crippen LogP contribution in [0.25, 0.3) is 0 Å². The lowest BCUT2D eigenvalue weighted by molar-refractivity contribution is -0.149. The van der Waals surface area contributed by atoms with Crippen LogP contribution in [-0.2, 0) is 23.8 Å². The summed E-state index contributed by atoms with van der Waals surface area (Å²) in [6, 6.07) is 5.85. The van der Waals surface area contributed by atoms with Gasteiger partial charge in [0.05, 0.1) is 31.3 Å². The number of rotatable bonds is 7. The predicted octanol–water partition coefficient (Wildman–Crippen LogP) is 2.05. The fraction of sp³-hybridized carbons (Fsp3) is 0.550. The summed E-state index contributed by atoms with van der Waals surface area (Å²) in [6.07, 6.45) is 0. The van der Waals surface area contributed by atoms with Gasteiger partial charge >= 0.3 is 17.9 Å². The highest BCUT2D eigenvalue weighted by Crippen LogP contribution is 2.38. The summed E-state index contributed by atoms with van der Waals surface area (Å²) in [5.74, 6) is -2.16. The average Bonchev–Trinajstić information content (AvgIpc) is 3.00. The van der Waals surface area contributed by atoms with Crippen molar-refractivity contribution in [3.8, 4) is 0 Å². The van der Waals surface area contributed by atoms with E-state index in [0.29, 0.717) is 12.2 Å².